The van der Waals surface area contributed by atoms with E-state index in [2.05, 4.69) is 10.4 Å². The van der Waals surface area contributed by atoms with Crippen molar-refractivity contribution < 1.29 is 19.0 Å². The molecule has 1 unspecified atom stereocenters. The van der Waals surface area contributed by atoms with Crippen molar-refractivity contribution in [1.82, 2.24) is 9.78 Å². The second kappa shape index (κ2) is 9.88. The lowest BCUT2D eigenvalue weighted by Crippen LogP contribution is -2.27. The molecule has 0 fully saturated rings. The predicted octanol–water partition coefficient (Wildman–Crippen LogP) is 1.91. The summed E-state index contributed by atoms with van der Waals surface area (Å²) in [5.41, 5.74) is 6.37. The highest BCUT2D eigenvalue weighted by Crippen LogP contribution is 2.40. The number of rotatable bonds is 8. The summed E-state index contributed by atoms with van der Waals surface area (Å²) in [6.07, 6.45) is 1.62. The number of halogens is 1. The number of hydrogen-bond donors (Lipinski definition) is 2. The number of hydrogen-bond acceptors (Lipinski definition) is 6. The molecule has 1 aromatic heterocycles. The SMILES string of the molecule is COc1ccc(Cn2nccc2NC(=O)C(C)CN)c(OC)c1OC.Cl. The fraction of sp³-hybridized carbons (Fsp3) is 0.412. The number of amides is 1. The Bertz CT molecular complexity index is 736. The first-order valence-electron chi connectivity index (χ1n) is 7.86. The molecule has 1 aromatic carbocycles. The van der Waals surface area contributed by atoms with Gasteiger partial charge in [0.2, 0.25) is 11.7 Å². The van der Waals surface area contributed by atoms with Gasteiger partial charge in [-0.2, -0.15) is 5.10 Å². The monoisotopic (exact) mass is 384 g/mol. The van der Waals surface area contributed by atoms with Gasteiger partial charge >= 0.3 is 0 Å². The number of aromatic nitrogens is 2. The number of anilines is 1. The molecule has 0 spiro atoms. The number of nitrogens with two attached hydrogens (primary N) is 1. The number of nitrogens with one attached hydrogen (secondary N) is 1. The maximum absolute atomic E-state index is 12.1. The standard InChI is InChI=1S/C17H24N4O4.ClH/c1-11(9-18)17(22)20-14-7-8-19-21(14)10-12-5-6-13(23-2)16(25-4)15(12)24-3;/h5-8,11H,9-10,18H2,1-4H3,(H,20,22);1H. The van der Waals surface area contributed by atoms with E-state index in [1.165, 1.54) is 0 Å². The molecular weight excluding hydrogens is 360 g/mol. The van der Waals surface area contributed by atoms with Crippen molar-refractivity contribution in [2.24, 2.45) is 11.7 Å². The van der Waals surface area contributed by atoms with Crippen molar-refractivity contribution >= 4 is 24.1 Å². The molecule has 144 valence electrons. The molecule has 0 radical (unpaired) electrons. The van der Waals surface area contributed by atoms with Crippen molar-refractivity contribution in [3.63, 3.8) is 0 Å². The van der Waals surface area contributed by atoms with E-state index in [1.807, 2.05) is 6.07 Å². The molecule has 1 atom stereocenters. The first-order chi connectivity index (χ1) is 12.0. The van der Waals surface area contributed by atoms with E-state index in [0.717, 1.165) is 5.56 Å². The number of carbonyl (C=O) groups is 1. The van der Waals surface area contributed by atoms with Gasteiger partial charge in [-0.1, -0.05) is 6.92 Å². The third kappa shape index (κ3) is 4.59. The van der Waals surface area contributed by atoms with E-state index in [-0.39, 0.29) is 30.8 Å². The van der Waals surface area contributed by atoms with Gasteiger partial charge in [0.15, 0.2) is 11.5 Å². The van der Waals surface area contributed by atoms with Crippen LogP contribution in [-0.2, 0) is 11.3 Å². The van der Waals surface area contributed by atoms with E-state index in [9.17, 15) is 4.79 Å². The molecule has 0 bridgehead atoms. The Labute approximate surface area is 159 Å². The van der Waals surface area contributed by atoms with Gasteiger partial charge in [0.25, 0.3) is 0 Å². The summed E-state index contributed by atoms with van der Waals surface area (Å²) in [5.74, 6) is 1.81. The summed E-state index contributed by atoms with van der Waals surface area (Å²) in [4.78, 5) is 12.1. The number of nitrogens with zero attached hydrogens (tertiary/aromatic N) is 2. The lowest BCUT2D eigenvalue weighted by molar-refractivity contribution is -0.119. The third-order valence-corrected chi connectivity index (χ3v) is 3.87. The molecule has 1 heterocycles. The normalized spacial score (nSPS) is 11.3. The van der Waals surface area contributed by atoms with E-state index >= 15 is 0 Å². The van der Waals surface area contributed by atoms with E-state index in [1.54, 1.807) is 51.3 Å². The van der Waals surface area contributed by atoms with Crippen LogP contribution in [0.5, 0.6) is 17.2 Å². The minimum atomic E-state index is -0.279. The summed E-state index contributed by atoms with van der Waals surface area (Å²) in [7, 11) is 4.68. The Kier molecular flexibility index (Phi) is 8.21. The zero-order chi connectivity index (χ0) is 18.4. The van der Waals surface area contributed by atoms with Crippen LogP contribution in [0.15, 0.2) is 24.4 Å². The molecule has 3 N–H and O–H groups in total. The van der Waals surface area contributed by atoms with Crippen LogP contribution in [0.25, 0.3) is 0 Å². The summed E-state index contributed by atoms with van der Waals surface area (Å²) in [6.45, 7) is 2.44. The van der Waals surface area contributed by atoms with Gasteiger partial charge in [0.05, 0.1) is 34.1 Å². The van der Waals surface area contributed by atoms with Gasteiger partial charge in [-0.3, -0.25) is 4.79 Å². The molecule has 0 aliphatic heterocycles. The number of methoxy groups -OCH3 is 3. The number of benzene rings is 1. The van der Waals surface area contributed by atoms with Crippen LogP contribution in [0.4, 0.5) is 5.82 Å². The first kappa shape index (κ1) is 21.6. The maximum atomic E-state index is 12.1. The lowest BCUT2D eigenvalue weighted by atomic mass is 10.1. The highest BCUT2D eigenvalue weighted by molar-refractivity contribution is 5.91. The van der Waals surface area contributed by atoms with Crippen molar-refractivity contribution in [2.75, 3.05) is 33.2 Å². The Morgan fingerprint density at radius 1 is 1.19 bits per heavy atom. The summed E-state index contributed by atoms with van der Waals surface area (Å²) in [6, 6.07) is 5.40. The largest absolute Gasteiger partial charge is 0.493 e. The maximum Gasteiger partial charge on any atom is 0.229 e. The number of carbonyl (C=O) groups excluding carboxylic acids is 1. The fourth-order valence-electron chi connectivity index (χ4n) is 2.37. The van der Waals surface area contributed by atoms with Crippen molar-refractivity contribution in [2.45, 2.75) is 13.5 Å². The Morgan fingerprint density at radius 3 is 2.46 bits per heavy atom. The number of ether oxygens (including phenoxy) is 3. The average molecular weight is 385 g/mol. The molecule has 2 rings (SSSR count). The minimum Gasteiger partial charge on any atom is -0.493 e. The van der Waals surface area contributed by atoms with Crippen LogP contribution < -0.4 is 25.3 Å². The zero-order valence-electron chi connectivity index (χ0n) is 15.3. The molecule has 0 saturated carbocycles. The van der Waals surface area contributed by atoms with Crippen LogP contribution in [0.3, 0.4) is 0 Å². The highest BCUT2D eigenvalue weighted by atomic mass is 35.5. The summed E-state index contributed by atoms with van der Waals surface area (Å²) >= 11 is 0. The smallest absolute Gasteiger partial charge is 0.229 e. The topological polar surface area (TPSA) is 101 Å². The first-order valence-corrected chi connectivity index (χ1v) is 7.86. The van der Waals surface area contributed by atoms with Gasteiger partial charge in [-0.15, -0.1) is 12.4 Å². The highest BCUT2D eigenvalue weighted by Gasteiger charge is 2.18. The molecule has 8 nitrogen and oxygen atoms in total. The molecule has 9 heteroatoms. The van der Waals surface area contributed by atoms with Gasteiger partial charge in [0.1, 0.15) is 5.82 Å². The van der Waals surface area contributed by atoms with Crippen LogP contribution >= 0.6 is 12.4 Å². The second-order valence-corrected chi connectivity index (χ2v) is 5.49. The molecule has 1 amide bonds. The van der Waals surface area contributed by atoms with E-state index < -0.39 is 0 Å². The minimum absolute atomic E-state index is 0. The quantitative estimate of drug-likeness (QED) is 0.721. The van der Waals surface area contributed by atoms with E-state index in [0.29, 0.717) is 29.6 Å². The second-order valence-electron chi connectivity index (χ2n) is 5.49. The summed E-state index contributed by atoms with van der Waals surface area (Å²) < 4.78 is 17.8. The van der Waals surface area contributed by atoms with Gasteiger partial charge in [0, 0.05) is 24.1 Å². The summed E-state index contributed by atoms with van der Waals surface area (Å²) in [5, 5.41) is 7.10. The average Bonchev–Trinajstić information content (AvgIpc) is 3.06. The van der Waals surface area contributed by atoms with Gasteiger partial charge in [-0.25, -0.2) is 4.68 Å². The van der Waals surface area contributed by atoms with Crippen LogP contribution in [-0.4, -0.2) is 43.6 Å². The third-order valence-electron chi connectivity index (χ3n) is 3.87. The molecule has 2 aromatic rings. The van der Waals surface area contributed by atoms with Crippen molar-refractivity contribution in [3.05, 3.63) is 30.0 Å². The van der Waals surface area contributed by atoms with Gasteiger partial charge in [-0.05, 0) is 12.1 Å². The van der Waals surface area contributed by atoms with Crippen LogP contribution in [0.1, 0.15) is 12.5 Å². The van der Waals surface area contributed by atoms with Crippen molar-refractivity contribution in [3.8, 4) is 17.2 Å². The van der Waals surface area contributed by atoms with E-state index in [4.69, 9.17) is 19.9 Å². The lowest BCUT2D eigenvalue weighted by Gasteiger charge is -2.17. The zero-order valence-corrected chi connectivity index (χ0v) is 16.1. The Balaban J connectivity index is 0.00000338. The predicted molar refractivity (Wildman–Crippen MR) is 102 cm³/mol. The molecule has 26 heavy (non-hydrogen) atoms. The Hall–Kier alpha value is -2.45. The fourth-order valence-corrected chi connectivity index (χ4v) is 2.37. The van der Waals surface area contributed by atoms with Crippen LogP contribution in [0.2, 0.25) is 0 Å². The van der Waals surface area contributed by atoms with Crippen molar-refractivity contribution in [1.29, 1.82) is 0 Å². The Morgan fingerprint density at radius 2 is 1.88 bits per heavy atom. The molecule has 0 aliphatic carbocycles. The van der Waals surface area contributed by atoms with Crippen LogP contribution in [0, 0.1) is 5.92 Å². The molecular formula is C17H25ClN4O4. The molecule has 0 saturated heterocycles. The van der Waals surface area contributed by atoms with Gasteiger partial charge < -0.3 is 25.3 Å². The molecule has 0 aliphatic rings.